The number of nitrogens with one attached hydrogen (secondary N) is 1. The molecule has 0 unspecified atom stereocenters. The number of aryl methyl sites for hydroxylation is 3. The van der Waals surface area contributed by atoms with Gasteiger partial charge in [0.25, 0.3) is 5.56 Å². The fourth-order valence-corrected chi connectivity index (χ4v) is 4.85. The highest BCUT2D eigenvalue weighted by Crippen LogP contribution is 2.25. The van der Waals surface area contributed by atoms with Crippen LogP contribution in [0.3, 0.4) is 0 Å². The summed E-state index contributed by atoms with van der Waals surface area (Å²) in [5.41, 5.74) is 6.45. The zero-order chi connectivity index (χ0) is 24.7. The number of hydrogen-bond acceptors (Lipinski definition) is 5. The Morgan fingerprint density at radius 1 is 0.914 bits per heavy atom. The Morgan fingerprint density at radius 2 is 1.71 bits per heavy atom. The molecule has 0 aliphatic heterocycles. The Kier molecular flexibility index (Phi) is 5.90. The summed E-state index contributed by atoms with van der Waals surface area (Å²) in [6, 6.07) is 19.1. The summed E-state index contributed by atoms with van der Waals surface area (Å²) in [5, 5.41) is 12.8. The zero-order valence-corrected chi connectivity index (χ0v) is 20.8. The first-order valence-corrected chi connectivity index (χ1v) is 12.3. The van der Waals surface area contributed by atoms with E-state index in [1.165, 1.54) is 17.3 Å². The number of para-hydroxylation sites is 1. The van der Waals surface area contributed by atoms with E-state index in [0.29, 0.717) is 21.8 Å². The smallest absolute Gasteiger partial charge is 0.267 e. The van der Waals surface area contributed by atoms with Crippen molar-refractivity contribution >= 4 is 40.0 Å². The number of rotatable bonds is 5. The van der Waals surface area contributed by atoms with Gasteiger partial charge in [0.15, 0.2) is 5.16 Å². The van der Waals surface area contributed by atoms with E-state index in [0.717, 1.165) is 28.1 Å². The Bertz CT molecular complexity index is 1670. The van der Waals surface area contributed by atoms with E-state index in [1.807, 2.05) is 86.7 Å². The molecule has 2 aromatic heterocycles. The van der Waals surface area contributed by atoms with Gasteiger partial charge >= 0.3 is 0 Å². The minimum absolute atomic E-state index is 0.137. The first kappa shape index (κ1) is 22.9. The van der Waals surface area contributed by atoms with Crippen molar-refractivity contribution in [3.05, 3.63) is 93.3 Å². The fourth-order valence-electron chi connectivity index (χ4n) is 4.11. The van der Waals surface area contributed by atoms with Crippen LogP contribution in [-0.2, 0) is 4.79 Å². The van der Waals surface area contributed by atoms with Crippen molar-refractivity contribution in [2.75, 3.05) is 11.1 Å². The maximum Gasteiger partial charge on any atom is 0.267 e. The zero-order valence-electron chi connectivity index (χ0n) is 20.0. The number of nitrogens with zero attached hydrogens (tertiary/aromatic N) is 4. The molecule has 0 aliphatic rings. The van der Waals surface area contributed by atoms with Gasteiger partial charge in [0.05, 0.1) is 22.3 Å². The molecule has 0 bridgehead atoms. The Morgan fingerprint density at radius 3 is 2.51 bits per heavy atom. The SMILES string of the molecule is Cc1ccc(NC(=O)CSc2nnc3n(-c4cccc(C)c4C)c(=O)c4ccccc4n23)cc1C. The molecule has 35 heavy (non-hydrogen) atoms. The van der Waals surface area contributed by atoms with E-state index < -0.39 is 0 Å². The number of benzene rings is 3. The van der Waals surface area contributed by atoms with E-state index in [4.69, 9.17) is 0 Å². The first-order valence-electron chi connectivity index (χ1n) is 11.3. The van der Waals surface area contributed by atoms with Crippen LogP contribution < -0.4 is 10.9 Å². The van der Waals surface area contributed by atoms with E-state index in [-0.39, 0.29) is 17.2 Å². The maximum absolute atomic E-state index is 13.5. The number of fused-ring (bicyclic) bond motifs is 3. The molecule has 1 amide bonds. The summed E-state index contributed by atoms with van der Waals surface area (Å²) in [6.45, 7) is 8.06. The summed E-state index contributed by atoms with van der Waals surface area (Å²) < 4.78 is 3.46. The van der Waals surface area contributed by atoms with E-state index in [1.54, 1.807) is 10.6 Å². The highest BCUT2D eigenvalue weighted by Gasteiger charge is 2.19. The van der Waals surface area contributed by atoms with E-state index in [9.17, 15) is 9.59 Å². The van der Waals surface area contributed by atoms with Crippen LogP contribution in [0, 0.1) is 27.7 Å². The van der Waals surface area contributed by atoms with Gasteiger partial charge in [-0.25, -0.2) is 4.57 Å². The molecule has 176 valence electrons. The summed E-state index contributed by atoms with van der Waals surface area (Å²) in [4.78, 5) is 26.2. The third-order valence-electron chi connectivity index (χ3n) is 6.33. The molecule has 0 saturated heterocycles. The predicted molar refractivity (Wildman–Crippen MR) is 141 cm³/mol. The van der Waals surface area contributed by atoms with E-state index in [2.05, 4.69) is 15.5 Å². The van der Waals surface area contributed by atoms with Crippen molar-refractivity contribution in [1.29, 1.82) is 0 Å². The van der Waals surface area contributed by atoms with Crippen LogP contribution in [0.25, 0.3) is 22.4 Å². The highest BCUT2D eigenvalue weighted by molar-refractivity contribution is 7.99. The summed E-state index contributed by atoms with van der Waals surface area (Å²) in [5.74, 6) is 0.437. The van der Waals surface area contributed by atoms with E-state index >= 15 is 0 Å². The minimum Gasteiger partial charge on any atom is -0.325 e. The average molecular weight is 484 g/mol. The second-order valence-corrected chi connectivity index (χ2v) is 9.57. The Hall–Kier alpha value is -3.91. The summed E-state index contributed by atoms with van der Waals surface area (Å²) >= 11 is 1.29. The number of hydrogen-bond donors (Lipinski definition) is 1. The molecule has 0 atom stereocenters. The van der Waals surface area contributed by atoms with Crippen molar-refractivity contribution in [2.24, 2.45) is 0 Å². The summed E-state index contributed by atoms with van der Waals surface area (Å²) in [6.07, 6.45) is 0. The Labute approximate surface area is 206 Å². The Balaban J connectivity index is 1.56. The maximum atomic E-state index is 13.5. The molecule has 8 heteroatoms. The van der Waals surface area contributed by atoms with Crippen molar-refractivity contribution in [2.45, 2.75) is 32.9 Å². The molecule has 5 rings (SSSR count). The molecular weight excluding hydrogens is 458 g/mol. The van der Waals surface area contributed by atoms with Crippen LogP contribution in [0.1, 0.15) is 22.3 Å². The van der Waals surface area contributed by atoms with Gasteiger partial charge in [-0.1, -0.05) is 42.1 Å². The van der Waals surface area contributed by atoms with Gasteiger partial charge in [-0.2, -0.15) is 0 Å². The number of carbonyl (C=O) groups is 1. The van der Waals surface area contributed by atoms with Crippen LogP contribution >= 0.6 is 11.8 Å². The topological polar surface area (TPSA) is 81.3 Å². The fraction of sp³-hybridized carbons (Fsp3) is 0.185. The number of aromatic nitrogens is 4. The van der Waals surface area contributed by atoms with Gasteiger partial charge < -0.3 is 5.32 Å². The van der Waals surface area contributed by atoms with Crippen LogP contribution in [0.5, 0.6) is 0 Å². The normalized spacial score (nSPS) is 11.3. The molecule has 0 aliphatic carbocycles. The monoisotopic (exact) mass is 483 g/mol. The molecule has 3 aromatic carbocycles. The second-order valence-electron chi connectivity index (χ2n) is 8.63. The third-order valence-corrected chi connectivity index (χ3v) is 7.26. The number of amides is 1. The van der Waals surface area contributed by atoms with Gasteiger partial charge in [0.2, 0.25) is 11.7 Å². The van der Waals surface area contributed by atoms with Crippen molar-refractivity contribution in [1.82, 2.24) is 19.2 Å². The van der Waals surface area contributed by atoms with Crippen LogP contribution in [0.2, 0.25) is 0 Å². The molecule has 7 nitrogen and oxygen atoms in total. The molecule has 0 radical (unpaired) electrons. The lowest BCUT2D eigenvalue weighted by Crippen LogP contribution is -2.22. The van der Waals surface area contributed by atoms with Gasteiger partial charge in [0, 0.05) is 5.69 Å². The lowest BCUT2D eigenvalue weighted by Gasteiger charge is -2.14. The molecule has 1 N–H and O–H groups in total. The number of thioether (sulfide) groups is 1. The molecule has 2 heterocycles. The van der Waals surface area contributed by atoms with Gasteiger partial charge in [-0.15, -0.1) is 10.2 Å². The number of anilines is 1. The van der Waals surface area contributed by atoms with Gasteiger partial charge in [-0.05, 0) is 80.3 Å². The van der Waals surface area contributed by atoms with Crippen molar-refractivity contribution < 1.29 is 4.79 Å². The highest BCUT2D eigenvalue weighted by atomic mass is 32.2. The first-order chi connectivity index (χ1) is 16.8. The van der Waals surface area contributed by atoms with Crippen LogP contribution in [0.4, 0.5) is 5.69 Å². The van der Waals surface area contributed by atoms with Crippen molar-refractivity contribution in [3.8, 4) is 5.69 Å². The second kappa shape index (κ2) is 9.03. The van der Waals surface area contributed by atoms with Gasteiger partial charge in [-0.3, -0.25) is 14.0 Å². The molecule has 0 fully saturated rings. The summed E-state index contributed by atoms with van der Waals surface area (Å²) in [7, 11) is 0. The molecule has 0 spiro atoms. The largest absolute Gasteiger partial charge is 0.325 e. The van der Waals surface area contributed by atoms with Crippen LogP contribution in [-0.4, -0.2) is 30.8 Å². The lowest BCUT2D eigenvalue weighted by atomic mass is 10.1. The quantitative estimate of drug-likeness (QED) is 0.356. The minimum atomic E-state index is -0.154. The third kappa shape index (κ3) is 4.10. The van der Waals surface area contributed by atoms with Gasteiger partial charge in [0.1, 0.15) is 0 Å². The lowest BCUT2D eigenvalue weighted by molar-refractivity contribution is -0.113. The van der Waals surface area contributed by atoms with Crippen molar-refractivity contribution in [3.63, 3.8) is 0 Å². The average Bonchev–Trinajstić information content (AvgIpc) is 3.27. The molecule has 0 saturated carbocycles. The predicted octanol–water partition coefficient (Wildman–Crippen LogP) is 5.00. The number of carbonyl (C=O) groups excluding carboxylic acids is 1. The van der Waals surface area contributed by atoms with Crippen LogP contribution in [0.15, 0.2) is 70.6 Å². The standard InChI is InChI=1S/C27H25N5O2S/c1-16-12-13-20(14-18(16)3)28-24(33)15-35-27-30-29-26-31(22-11-7-8-17(2)19(22)4)25(34)21-9-5-6-10-23(21)32(26)27/h5-14H,15H2,1-4H3,(H,28,33). The molecular formula is C27H25N5O2S. The molecule has 5 aromatic rings.